The molecule has 2 aromatic rings. The molecule has 8 heteroatoms. The number of carbonyl (C=O) groups excluding carboxylic acids is 1. The second-order valence-corrected chi connectivity index (χ2v) is 8.27. The summed E-state index contributed by atoms with van der Waals surface area (Å²) < 4.78 is 1.15. The molecule has 2 heterocycles. The van der Waals surface area contributed by atoms with E-state index in [0.717, 1.165) is 35.7 Å². The van der Waals surface area contributed by atoms with Crippen molar-refractivity contribution >= 4 is 35.0 Å². The number of aryl methyl sites for hydroxylation is 1. The van der Waals surface area contributed by atoms with Gasteiger partial charge in [0.2, 0.25) is 5.95 Å². The molecule has 0 saturated heterocycles. The van der Waals surface area contributed by atoms with Crippen LogP contribution in [0.4, 0.5) is 5.95 Å². The molecule has 128 valence electrons. The average molecular weight is 364 g/mol. The SMILES string of the molecule is CNc1ncc(C(=O)NC2CCC(Sc3nc(C)cs3)CC2)cn1. The molecule has 1 saturated carbocycles. The predicted octanol–water partition coefficient (Wildman–Crippen LogP) is 3.12. The molecular formula is C16H21N5OS2. The molecule has 1 aliphatic carbocycles. The number of hydrogen-bond donors (Lipinski definition) is 2. The van der Waals surface area contributed by atoms with E-state index >= 15 is 0 Å². The number of nitrogens with zero attached hydrogens (tertiary/aromatic N) is 3. The number of amides is 1. The fourth-order valence-corrected chi connectivity index (χ4v) is 4.98. The van der Waals surface area contributed by atoms with Crippen LogP contribution < -0.4 is 10.6 Å². The topological polar surface area (TPSA) is 79.8 Å². The summed E-state index contributed by atoms with van der Waals surface area (Å²) in [4.78, 5) is 24.9. The molecule has 1 aliphatic rings. The first-order valence-electron chi connectivity index (χ1n) is 8.03. The Morgan fingerprint density at radius 1 is 1.25 bits per heavy atom. The number of carbonyl (C=O) groups is 1. The minimum Gasteiger partial charge on any atom is -0.357 e. The summed E-state index contributed by atoms with van der Waals surface area (Å²) in [6.45, 7) is 2.03. The molecule has 1 amide bonds. The zero-order chi connectivity index (χ0) is 16.9. The summed E-state index contributed by atoms with van der Waals surface area (Å²) in [5, 5.41) is 8.63. The van der Waals surface area contributed by atoms with Gasteiger partial charge < -0.3 is 10.6 Å². The Bertz CT molecular complexity index is 680. The van der Waals surface area contributed by atoms with E-state index in [1.54, 1.807) is 30.8 Å². The molecule has 24 heavy (non-hydrogen) atoms. The number of nitrogens with one attached hydrogen (secondary N) is 2. The highest BCUT2D eigenvalue weighted by Crippen LogP contribution is 2.35. The molecule has 0 unspecified atom stereocenters. The van der Waals surface area contributed by atoms with Crippen molar-refractivity contribution < 1.29 is 4.79 Å². The van der Waals surface area contributed by atoms with Gasteiger partial charge in [0.05, 0.1) is 5.56 Å². The first-order valence-corrected chi connectivity index (χ1v) is 9.79. The van der Waals surface area contributed by atoms with Gasteiger partial charge in [-0.1, -0.05) is 11.8 Å². The monoisotopic (exact) mass is 363 g/mol. The number of aromatic nitrogens is 3. The normalized spacial score (nSPS) is 20.6. The van der Waals surface area contributed by atoms with Gasteiger partial charge in [0.15, 0.2) is 0 Å². The third kappa shape index (κ3) is 4.45. The van der Waals surface area contributed by atoms with E-state index in [1.165, 1.54) is 0 Å². The second-order valence-electron chi connectivity index (χ2n) is 5.87. The lowest BCUT2D eigenvalue weighted by Gasteiger charge is -2.28. The minimum absolute atomic E-state index is 0.0932. The van der Waals surface area contributed by atoms with Crippen molar-refractivity contribution in [3.8, 4) is 0 Å². The molecule has 1 fully saturated rings. The third-order valence-electron chi connectivity index (χ3n) is 4.01. The van der Waals surface area contributed by atoms with Gasteiger partial charge >= 0.3 is 0 Å². The van der Waals surface area contributed by atoms with Gasteiger partial charge in [0.1, 0.15) is 4.34 Å². The maximum Gasteiger partial charge on any atom is 0.254 e. The molecule has 2 N–H and O–H groups in total. The van der Waals surface area contributed by atoms with E-state index in [9.17, 15) is 4.79 Å². The predicted molar refractivity (Wildman–Crippen MR) is 97.8 cm³/mol. The summed E-state index contributed by atoms with van der Waals surface area (Å²) >= 11 is 3.59. The summed E-state index contributed by atoms with van der Waals surface area (Å²) in [7, 11) is 1.75. The van der Waals surface area contributed by atoms with Gasteiger partial charge in [0, 0.05) is 41.8 Å². The number of hydrogen-bond acceptors (Lipinski definition) is 7. The average Bonchev–Trinajstić information content (AvgIpc) is 3.01. The standard InChI is InChI=1S/C16H21N5OS2/c1-10-9-23-16(20-10)24-13-5-3-12(4-6-13)21-14(22)11-7-18-15(17-2)19-8-11/h7-9,12-13H,3-6H2,1-2H3,(H,21,22)(H,17,18,19). The van der Waals surface area contributed by atoms with Crippen molar-refractivity contribution in [2.75, 3.05) is 12.4 Å². The lowest BCUT2D eigenvalue weighted by Crippen LogP contribution is -2.38. The van der Waals surface area contributed by atoms with E-state index in [2.05, 4.69) is 31.0 Å². The molecule has 2 aromatic heterocycles. The Kier molecular flexibility index (Phi) is 5.68. The fourth-order valence-electron chi connectivity index (χ4n) is 2.70. The number of rotatable bonds is 5. The van der Waals surface area contributed by atoms with Crippen LogP contribution in [0, 0.1) is 6.92 Å². The van der Waals surface area contributed by atoms with Gasteiger partial charge in [-0.25, -0.2) is 15.0 Å². The summed E-state index contributed by atoms with van der Waals surface area (Å²) in [5.41, 5.74) is 1.60. The minimum atomic E-state index is -0.0932. The van der Waals surface area contributed by atoms with Crippen LogP contribution in [0.15, 0.2) is 22.1 Å². The Morgan fingerprint density at radius 2 is 1.96 bits per heavy atom. The smallest absolute Gasteiger partial charge is 0.254 e. The molecule has 3 rings (SSSR count). The van der Waals surface area contributed by atoms with Gasteiger partial charge in [0.25, 0.3) is 5.91 Å². The van der Waals surface area contributed by atoms with Gasteiger partial charge in [-0.05, 0) is 32.6 Å². The molecule has 0 atom stereocenters. The molecule has 0 radical (unpaired) electrons. The Balaban J connectivity index is 1.46. The van der Waals surface area contributed by atoms with Crippen LogP contribution >= 0.6 is 23.1 Å². The molecule has 0 aromatic carbocycles. The van der Waals surface area contributed by atoms with Crippen LogP contribution in [-0.2, 0) is 0 Å². The summed E-state index contributed by atoms with van der Waals surface area (Å²) in [6.07, 6.45) is 7.32. The van der Waals surface area contributed by atoms with Crippen LogP contribution in [0.3, 0.4) is 0 Å². The third-order valence-corrected chi connectivity index (χ3v) is 6.44. The van der Waals surface area contributed by atoms with Crippen LogP contribution in [-0.4, -0.2) is 39.2 Å². The lowest BCUT2D eigenvalue weighted by atomic mass is 9.95. The maximum absolute atomic E-state index is 12.3. The van der Waals surface area contributed by atoms with Gasteiger partial charge in [-0.15, -0.1) is 11.3 Å². The quantitative estimate of drug-likeness (QED) is 0.850. The van der Waals surface area contributed by atoms with Crippen molar-refractivity contribution in [2.24, 2.45) is 0 Å². The molecule has 0 bridgehead atoms. The highest BCUT2D eigenvalue weighted by atomic mass is 32.2. The largest absolute Gasteiger partial charge is 0.357 e. The van der Waals surface area contributed by atoms with Crippen LogP contribution in [0.25, 0.3) is 0 Å². The molecule has 0 aliphatic heterocycles. The highest BCUT2D eigenvalue weighted by Gasteiger charge is 2.24. The van der Waals surface area contributed by atoms with Crippen molar-refractivity contribution in [3.63, 3.8) is 0 Å². The van der Waals surface area contributed by atoms with Crippen molar-refractivity contribution in [3.05, 3.63) is 29.0 Å². The first-order chi connectivity index (χ1) is 11.6. The zero-order valence-corrected chi connectivity index (χ0v) is 15.4. The van der Waals surface area contributed by atoms with Crippen LogP contribution in [0.2, 0.25) is 0 Å². The number of thiazole rings is 1. The summed E-state index contributed by atoms with van der Waals surface area (Å²) in [5.74, 6) is 0.422. The number of thioether (sulfide) groups is 1. The van der Waals surface area contributed by atoms with Crippen LogP contribution in [0.5, 0.6) is 0 Å². The van der Waals surface area contributed by atoms with Crippen LogP contribution in [0.1, 0.15) is 41.7 Å². The van der Waals surface area contributed by atoms with E-state index in [4.69, 9.17) is 0 Å². The molecule has 0 spiro atoms. The molecule has 6 nitrogen and oxygen atoms in total. The molecular weight excluding hydrogens is 342 g/mol. The van der Waals surface area contributed by atoms with E-state index in [-0.39, 0.29) is 11.9 Å². The van der Waals surface area contributed by atoms with E-state index < -0.39 is 0 Å². The van der Waals surface area contributed by atoms with Crippen molar-refractivity contribution in [1.82, 2.24) is 20.3 Å². The van der Waals surface area contributed by atoms with E-state index in [0.29, 0.717) is 16.8 Å². The Hall–Kier alpha value is -1.67. The summed E-state index contributed by atoms with van der Waals surface area (Å²) in [6, 6.07) is 0.233. The van der Waals surface area contributed by atoms with Gasteiger partial charge in [-0.2, -0.15) is 0 Å². The van der Waals surface area contributed by atoms with Crippen molar-refractivity contribution in [1.29, 1.82) is 0 Å². The van der Waals surface area contributed by atoms with Gasteiger partial charge in [-0.3, -0.25) is 4.79 Å². The Morgan fingerprint density at radius 3 is 2.54 bits per heavy atom. The first kappa shape index (κ1) is 17.2. The lowest BCUT2D eigenvalue weighted by molar-refractivity contribution is 0.0927. The second kappa shape index (κ2) is 7.94. The number of anilines is 1. The fraction of sp³-hybridized carbons (Fsp3) is 0.500. The van der Waals surface area contributed by atoms with Crippen molar-refractivity contribution in [2.45, 2.75) is 48.2 Å². The Labute approximate surface area is 149 Å². The van der Waals surface area contributed by atoms with E-state index in [1.807, 2.05) is 18.7 Å². The highest BCUT2D eigenvalue weighted by molar-refractivity contribution is 8.01. The zero-order valence-electron chi connectivity index (χ0n) is 13.8. The maximum atomic E-state index is 12.3.